The Morgan fingerprint density at radius 2 is 1.68 bits per heavy atom. The van der Waals surface area contributed by atoms with Gasteiger partial charge in [-0.2, -0.15) is 22.6 Å². The lowest BCUT2D eigenvalue weighted by Crippen LogP contribution is -2.15. The molecule has 0 aliphatic heterocycles. The molecule has 0 bridgehead atoms. The molecule has 8 nitrogen and oxygen atoms in total. The normalized spacial score (nSPS) is 12.2. The molecule has 0 unspecified atom stereocenters. The summed E-state index contributed by atoms with van der Waals surface area (Å²) in [5.74, 6) is 1.38. The summed E-state index contributed by atoms with van der Waals surface area (Å²) in [7, 11) is -2.37. The van der Waals surface area contributed by atoms with Crippen molar-refractivity contribution < 1.29 is 17.7 Å². The first-order chi connectivity index (χ1) is 17.6. The highest BCUT2D eigenvalue weighted by molar-refractivity contribution is 7.90. The fourth-order valence-corrected chi connectivity index (χ4v) is 5.39. The van der Waals surface area contributed by atoms with E-state index < -0.39 is 10.0 Å². The maximum absolute atomic E-state index is 13.5. The molecule has 0 saturated carbocycles. The fraction of sp³-hybridized carbons (Fsp3) is 0.250. The Morgan fingerprint density at radius 3 is 2.32 bits per heavy atom. The third kappa shape index (κ3) is 4.74. The van der Waals surface area contributed by atoms with Crippen LogP contribution >= 0.6 is 0 Å². The average molecular weight is 517 g/mol. The molecule has 190 valence electrons. The van der Waals surface area contributed by atoms with Crippen molar-refractivity contribution in [3.63, 3.8) is 0 Å². The first kappa shape index (κ1) is 24.7. The van der Waals surface area contributed by atoms with Gasteiger partial charge in [-0.15, -0.1) is 0 Å². The lowest BCUT2D eigenvalue weighted by atomic mass is 9.87. The van der Waals surface area contributed by atoms with Gasteiger partial charge in [0.1, 0.15) is 5.75 Å². The summed E-state index contributed by atoms with van der Waals surface area (Å²) in [4.78, 5) is 4.71. The molecule has 0 spiro atoms. The summed E-state index contributed by atoms with van der Waals surface area (Å²) in [6.07, 6.45) is 0.184. The second-order valence-electron chi connectivity index (χ2n) is 10.0. The number of aryl methyl sites for hydroxylation is 1. The van der Waals surface area contributed by atoms with Crippen molar-refractivity contribution in [3.05, 3.63) is 89.4 Å². The van der Waals surface area contributed by atoms with Gasteiger partial charge in [-0.25, -0.2) is 0 Å². The van der Waals surface area contributed by atoms with Crippen LogP contribution in [0, 0.1) is 6.92 Å². The van der Waals surface area contributed by atoms with Crippen molar-refractivity contribution in [2.24, 2.45) is 0 Å². The number of fused-ring (bicyclic) bond motifs is 1. The predicted octanol–water partition coefficient (Wildman–Crippen LogP) is 5.53. The molecule has 0 fully saturated rings. The van der Waals surface area contributed by atoms with E-state index in [4.69, 9.17) is 9.26 Å². The lowest BCUT2D eigenvalue weighted by Gasteiger charge is -2.18. The van der Waals surface area contributed by atoms with Crippen LogP contribution in [0.5, 0.6) is 5.75 Å². The minimum absolute atomic E-state index is 0.0401. The number of aromatic nitrogens is 4. The van der Waals surface area contributed by atoms with Gasteiger partial charge in [0.2, 0.25) is 0 Å². The molecule has 0 aliphatic carbocycles. The van der Waals surface area contributed by atoms with E-state index in [2.05, 4.69) is 48.1 Å². The molecule has 0 radical (unpaired) electrons. The van der Waals surface area contributed by atoms with Crippen LogP contribution < -0.4 is 4.74 Å². The van der Waals surface area contributed by atoms with E-state index in [9.17, 15) is 8.42 Å². The number of hydrogen-bond acceptors (Lipinski definition) is 7. The molecular weight excluding hydrogens is 488 g/mol. The highest BCUT2D eigenvalue weighted by Crippen LogP contribution is 2.29. The smallest absolute Gasteiger partial charge is 0.283 e. The zero-order chi connectivity index (χ0) is 26.4. The van der Waals surface area contributed by atoms with Crippen LogP contribution in [0.3, 0.4) is 0 Å². The number of benzene rings is 3. The maximum Gasteiger partial charge on any atom is 0.283 e. The van der Waals surface area contributed by atoms with Gasteiger partial charge < -0.3 is 9.26 Å². The Bertz CT molecular complexity index is 1680. The second kappa shape index (κ2) is 9.15. The van der Waals surface area contributed by atoms with Gasteiger partial charge in [0.05, 0.1) is 29.6 Å². The molecule has 5 aromatic rings. The van der Waals surface area contributed by atoms with Crippen LogP contribution in [0.4, 0.5) is 0 Å². The molecule has 9 heteroatoms. The highest BCUT2D eigenvalue weighted by Gasteiger charge is 2.24. The van der Waals surface area contributed by atoms with Crippen molar-refractivity contribution in [2.45, 2.75) is 44.4 Å². The third-order valence-corrected chi connectivity index (χ3v) is 7.87. The number of nitrogens with zero attached hydrogens (tertiary/aromatic N) is 4. The van der Waals surface area contributed by atoms with Gasteiger partial charge in [-0.05, 0) is 60.4 Å². The van der Waals surface area contributed by atoms with E-state index in [0.29, 0.717) is 34.1 Å². The molecule has 0 aliphatic rings. The largest absolute Gasteiger partial charge is 0.497 e. The van der Waals surface area contributed by atoms with Crippen molar-refractivity contribution in [2.75, 3.05) is 7.11 Å². The first-order valence-corrected chi connectivity index (χ1v) is 13.3. The van der Waals surface area contributed by atoms with Gasteiger partial charge in [0.25, 0.3) is 15.9 Å². The summed E-state index contributed by atoms with van der Waals surface area (Å²) in [5.41, 5.74) is 3.97. The molecule has 2 heterocycles. The molecule has 2 aromatic heterocycles. The van der Waals surface area contributed by atoms with E-state index in [1.165, 1.54) is 5.56 Å². The van der Waals surface area contributed by atoms with Crippen molar-refractivity contribution >= 4 is 20.9 Å². The maximum atomic E-state index is 13.5. The van der Waals surface area contributed by atoms with Crippen LogP contribution in [0.2, 0.25) is 0 Å². The van der Waals surface area contributed by atoms with Crippen LogP contribution in [-0.2, 0) is 21.9 Å². The first-order valence-electron chi connectivity index (χ1n) is 11.9. The second-order valence-corrected chi connectivity index (χ2v) is 11.8. The lowest BCUT2D eigenvalue weighted by molar-refractivity contribution is 0.415. The zero-order valence-corrected chi connectivity index (χ0v) is 22.2. The number of methoxy groups -OCH3 is 1. The summed E-state index contributed by atoms with van der Waals surface area (Å²) < 4.78 is 38.9. The van der Waals surface area contributed by atoms with Gasteiger partial charge in [0, 0.05) is 10.9 Å². The van der Waals surface area contributed by atoms with Crippen LogP contribution in [-0.4, -0.2) is 34.9 Å². The topological polar surface area (TPSA) is 100 Å². The van der Waals surface area contributed by atoms with E-state index in [-0.39, 0.29) is 16.7 Å². The summed E-state index contributed by atoms with van der Waals surface area (Å²) >= 11 is 0. The fourth-order valence-electron chi connectivity index (χ4n) is 4.09. The molecule has 0 N–H and O–H groups in total. The van der Waals surface area contributed by atoms with E-state index in [1.54, 1.807) is 49.6 Å². The van der Waals surface area contributed by atoms with Crippen molar-refractivity contribution in [1.82, 2.24) is 19.3 Å². The van der Waals surface area contributed by atoms with E-state index in [0.717, 1.165) is 15.2 Å². The Kier molecular flexibility index (Phi) is 6.11. The molecule has 0 saturated heterocycles. The summed E-state index contributed by atoms with van der Waals surface area (Å²) in [6.45, 7) is 8.38. The average Bonchev–Trinajstić information content (AvgIpc) is 3.49. The molecule has 3 aromatic carbocycles. The van der Waals surface area contributed by atoms with Crippen molar-refractivity contribution in [1.29, 1.82) is 0 Å². The summed E-state index contributed by atoms with van der Waals surface area (Å²) in [6, 6.07) is 19.9. The zero-order valence-electron chi connectivity index (χ0n) is 21.4. The van der Waals surface area contributed by atoms with Gasteiger partial charge >= 0.3 is 0 Å². The number of hydrogen-bond donors (Lipinski definition) is 0. The SMILES string of the molecule is COc1ccc2c(c1)c(Cc1noc(-c3ccc(C(C)(C)C)cc3)n1)nn2S(=O)(=O)c1ccc(C)cc1. The predicted molar refractivity (Wildman–Crippen MR) is 141 cm³/mol. The van der Waals surface area contributed by atoms with Gasteiger partial charge in [-0.3, -0.25) is 0 Å². The van der Waals surface area contributed by atoms with Crippen LogP contribution in [0.1, 0.15) is 43.4 Å². The Morgan fingerprint density at radius 1 is 0.973 bits per heavy atom. The minimum Gasteiger partial charge on any atom is -0.497 e. The molecule has 0 amide bonds. The number of ether oxygens (including phenoxy) is 1. The van der Waals surface area contributed by atoms with Crippen LogP contribution in [0.15, 0.2) is 76.1 Å². The Balaban J connectivity index is 1.52. The van der Waals surface area contributed by atoms with Crippen LogP contribution in [0.25, 0.3) is 22.4 Å². The quantitative estimate of drug-likeness (QED) is 0.293. The minimum atomic E-state index is -3.93. The standard InChI is InChI=1S/C28H28N4O4S/c1-18-6-13-22(14-7-18)37(33,34)32-25-15-12-21(35-5)16-23(25)24(30-32)17-26-29-27(36-31-26)19-8-10-20(11-9-19)28(2,3)4/h6-16H,17H2,1-5H3. The van der Waals surface area contributed by atoms with Gasteiger partial charge in [0.15, 0.2) is 5.82 Å². The summed E-state index contributed by atoms with van der Waals surface area (Å²) in [5, 5.41) is 9.27. The van der Waals surface area contributed by atoms with E-state index in [1.807, 2.05) is 19.1 Å². The van der Waals surface area contributed by atoms with Gasteiger partial charge in [-0.1, -0.05) is 55.8 Å². The number of rotatable bonds is 6. The molecule has 37 heavy (non-hydrogen) atoms. The highest BCUT2D eigenvalue weighted by atomic mass is 32.2. The monoisotopic (exact) mass is 516 g/mol. The third-order valence-electron chi connectivity index (χ3n) is 6.27. The Hall–Kier alpha value is -3.98. The molecule has 5 rings (SSSR count). The molecular formula is C28H28N4O4S. The van der Waals surface area contributed by atoms with E-state index >= 15 is 0 Å². The Labute approximate surface area is 216 Å². The van der Waals surface area contributed by atoms with Crippen molar-refractivity contribution in [3.8, 4) is 17.2 Å². The molecule has 0 atom stereocenters.